The molecule has 0 aromatic carbocycles. The van der Waals surface area contributed by atoms with E-state index >= 15 is 0 Å². The Balaban J connectivity index is 1.55. The van der Waals surface area contributed by atoms with Gasteiger partial charge < -0.3 is 19.3 Å². The second-order valence-corrected chi connectivity index (χ2v) is 10.4. The molecule has 0 saturated carbocycles. The molecule has 2 aliphatic heterocycles. The van der Waals surface area contributed by atoms with Crippen LogP contribution in [0.25, 0.3) is 5.57 Å². The van der Waals surface area contributed by atoms with E-state index < -0.39 is 0 Å². The van der Waals surface area contributed by atoms with Crippen molar-refractivity contribution in [2.75, 3.05) is 53.9 Å². The Hall–Kier alpha value is -1.71. The van der Waals surface area contributed by atoms with Gasteiger partial charge in [0.2, 0.25) is 6.23 Å². The number of piperidine rings is 1. The van der Waals surface area contributed by atoms with Crippen LogP contribution in [-0.4, -0.2) is 95.3 Å². The summed E-state index contributed by atoms with van der Waals surface area (Å²) in [6.07, 6.45) is 9.37. The van der Waals surface area contributed by atoms with E-state index in [1.54, 1.807) is 0 Å². The number of rotatable bonds is 10. The number of likely N-dealkylation sites (N-methyl/N-ethyl adjacent to an activating group) is 1. The van der Waals surface area contributed by atoms with Crippen LogP contribution in [0.5, 0.6) is 5.88 Å². The Bertz CT molecular complexity index is 791. The predicted molar refractivity (Wildman–Crippen MR) is 132 cm³/mol. The predicted octanol–water partition coefficient (Wildman–Crippen LogP) is 4.24. The van der Waals surface area contributed by atoms with Crippen molar-refractivity contribution in [3.63, 3.8) is 0 Å². The average Bonchev–Trinajstić information content (AvgIpc) is 3.27. The molecule has 0 spiro atoms. The first-order valence-corrected chi connectivity index (χ1v) is 13.2. The smallest absolute Gasteiger partial charge is 0.414 e. The minimum atomic E-state index is -0.238. The Morgan fingerprint density at radius 1 is 1.27 bits per heavy atom. The number of ether oxygens (including phenoxy) is 2. The number of quaternary nitrogens is 1. The zero-order valence-corrected chi connectivity index (χ0v) is 21.9. The SMILES string of the molecule is CCCCCCOc1nsnc1C1=CCC[N+](C)([C@H](C)OC(=O)N2CCC(N(C)C)CC2)C1. The number of hydrogen-bond acceptors (Lipinski definition) is 7. The van der Waals surface area contributed by atoms with E-state index in [0.717, 1.165) is 63.1 Å². The highest BCUT2D eigenvalue weighted by atomic mass is 32.1. The summed E-state index contributed by atoms with van der Waals surface area (Å²) in [5.74, 6) is 0.643. The van der Waals surface area contributed by atoms with Crippen LogP contribution >= 0.6 is 11.7 Å². The number of carbonyl (C=O) groups is 1. The summed E-state index contributed by atoms with van der Waals surface area (Å²) >= 11 is 1.20. The quantitative estimate of drug-likeness (QED) is 0.369. The Morgan fingerprint density at radius 3 is 2.73 bits per heavy atom. The molecule has 2 atom stereocenters. The topological polar surface area (TPSA) is 67.8 Å². The van der Waals surface area contributed by atoms with Crippen molar-refractivity contribution in [3.05, 3.63) is 11.8 Å². The van der Waals surface area contributed by atoms with Gasteiger partial charge in [-0.3, -0.25) is 4.48 Å². The summed E-state index contributed by atoms with van der Waals surface area (Å²) in [6, 6.07) is 0.542. The van der Waals surface area contributed by atoms with Crippen LogP contribution in [0.4, 0.5) is 4.79 Å². The zero-order chi connectivity index (χ0) is 23.8. The fraction of sp³-hybridized carbons (Fsp3) is 0.792. The van der Waals surface area contributed by atoms with Crippen molar-refractivity contribution in [2.45, 2.75) is 71.1 Å². The highest BCUT2D eigenvalue weighted by molar-refractivity contribution is 6.99. The maximum absolute atomic E-state index is 12.9. The second-order valence-electron chi connectivity index (χ2n) is 9.87. The van der Waals surface area contributed by atoms with E-state index in [0.29, 0.717) is 23.0 Å². The van der Waals surface area contributed by atoms with Crippen molar-refractivity contribution in [1.29, 1.82) is 0 Å². The molecule has 1 aromatic heterocycles. The summed E-state index contributed by atoms with van der Waals surface area (Å²) in [7, 11) is 6.37. The van der Waals surface area contributed by atoms with E-state index in [1.165, 1.54) is 31.0 Å². The van der Waals surface area contributed by atoms with Gasteiger partial charge in [-0.2, -0.15) is 4.37 Å². The average molecular weight is 481 g/mol. The molecule has 0 N–H and O–H groups in total. The zero-order valence-electron chi connectivity index (χ0n) is 21.1. The fourth-order valence-corrected chi connectivity index (χ4v) is 5.16. The van der Waals surface area contributed by atoms with E-state index in [1.807, 2.05) is 11.8 Å². The second kappa shape index (κ2) is 12.1. The largest absolute Gasteiger partial charge is 0.475 e. The number of hydrogen-bond donors (Lipinski definition) is 0. The lowest BCUT2D eigenvalue weighted by atomic mass is 10.0. The first-order valence-electron chi connectivity index (χ1n) is 12.4. The minimum Gasteiger partial charge on any atom is -0.475 e. The van der Waals surface area contributed by atoms with Gasteiger partial charge >= 0.3 is 6.09 Å². The molecule has 0 radical (unpaired) electrons. The molecule has 2 aliphatic rings. The molecule has 0 aliphatic carbocycles. The third-order valence-corrected chi connectivity index (χ3v) is 7.68. The maximum Gasteiger partial charge on any atom is 0.414 e. The number of carbonyl (C=O) groups excluding carboxylic acids is 1. The van der Waals surface area contributed by atoms with Crippen LogP contribution in [0.2, 0.25) is 0 Å². The lowest BCUT2D eigenvalue weighted by Crippen LogP contribution is -2.56. The summed E-state index contributed by atoms with van der Waals surface area (Å²) in [5.41, 5.74) is 1.99. The van der Waals surface area contributed by atoms with Gasteiger partial charge in [0.15, 0.2) is 0 Å². The van der Waals surface area contributed by atoms with Crippen LogP contribution in [0.1, 0.15) is 64.5 Å². The lowest BCUT2D eigenvalue weighted by molar-refractivity contribution is -0.944. The maximum atomic E-state index is 12.9. The molecule has 3 rings (SSSR count). The van der Waals surface area contributed by atoms with E-state index in [-0.39, 0.29) is 12.3 Å². The van der Waals surface area contributed by atoms with Gasteiger partial charge in [-0.15, -0.1) is 4.37 Å². The molecular weight excluding hydrogens is 438 g/mol. The first kappa shape index (κ1) is 25.9. The van der Waals surface area contributed by atoms with Gasteiger partial charge in [0.05, 0.1) is 31.9 Å². The summed E-state index contributed by atoms with van der Waals surface area (Å²) in [4.78, 5) is 17.0. The van der Waals surface area contributed by atoms with E-state index in [4.69, 9.17) is 9.47 Å². The third-order valence-electron chi connectivity index (χ3n) is 7.16. The summed E-state index contributed by atoms with van der Waals surface area (Å²) in [5, 5.41) is 0. The Kier molecular flexibility index (Phi) is 9.52. The molecule has 8 nitrogen and oxygen atoms in total. The molecular formula is C24H42N5O3S+. The van der Waals surface area contributed by atoms with Gasteiger partial charge in [0.25, 0.3) is 5.88 Å². The molecule has 1 unspecified atom stereocenters. The molecule has 0 bridgehead atoms. The number of amides is 1. The lowest BCUT2D eigenvalue weighted by Gasteiger charge is -2.42. The molecule has 33 heavy (non-hydrogen) atoms. The summed E-state index contributed by atoms with van der Waals surface area (Å²) < 4.78 is 21.5. The number of aromatic nitrogens is 2. The van der Waals surface area contributed by atoms with Gasteiger partial charge in [0, 0.05) is 38.0 Å². The molecule has 3 heterocycles. The van der Waals surface area contributed by atoms with Crippen LogP contribution in [0, 0.1) is 0 Å². The summed E-state index contributed by atoms with van der Waals surface area (Å²) in [6.45, 7) is 8.08. The van der Waals surface area contributed by atoms with Crippen molar-refractivity contribution < 1.29 is 18.8 Å². The van der Waals surface area contributed by atoms with Crippen LogP contribution in [0.15, 0.2) is 6.08 Å². The Morgan fingerprint density at radius 2 is 2.03 bits per heavy atom. The standard InChI is InChI=1S/C24H42N5O3S/c1-6-7-8-9-17-31-23-22(25-33-26-23)20-11-10-16-29(5,18-20)19(2)32-24(30)28-14-12-21(13-15-28)27(3)4/h11,19,21H,6-10,12-18H2,1-5H3/q+1/t19-,29?/m0/s1. The highest BCUT2D eigenvalue weighted by Gasteiger charge is 2.38. The van der Waals surface area contributed by atoms with Crippen LogP contribution < -0.4 is 4.74 Å². The van der Waals surface area contributed by atoms with Crippen LogP contribution in [-0.2, 0) is 4.74 Å². The normalized spacial score (nSPS) is 22.8. The van der Waals surface area contributed by atoms with Crippen molar-refractivity contribution >= 4 is 23.4 Å². The van der Waals surface area contributed by atoms with E-state index in [2.05, 4.69) is 47.8 Å². The van der Waals surface area contributed by atoms with Crippen molar-refractivity contribution in [3.8, 4) is 5.88 Å². The van der Waals surface area contributed by atoms with E-state index in [9.17, 15) is 4.79 Å². The fourth-order valence-electron chi connectivity index (χ4n) is 4.63. The minimum absolute atomic E-state index is 0.193. The van der Waals surface area contributed by atoms with Crippen molar-refractivity contribution in [1.82, 2.24) is 18.5 Å². The number of unbranched alkanes of at least 4 members (excludes halogenated alkanes) is 3. The number of likely N-dealkylation sites (tertiary alicyclic amines) is 1. The Labute approximate surface area is 203 Å². The third kappa shape index (κ3) is 6.90. The van der Waals surface area contributed by atoms with Gasteiger partial charge in [0.1, 0.15) is 12.2 Å². The molecule has 1 fully saturated rings. The molecule has 1 aromatic rings. The molecule has 1 amide bonds. The first-order chi connectivity index (χ1) is 15.8. The van der Waals surface area contributed by atoms with Gasteiger partial charge in [-0.25, -0.2) is 4.79 Å². The number of nitrogens with zero attached hydrogens (tertiary/aromatic N) is 5. The van der Waals surface area contributed by atoms with Gasteiger partial charge in [-0.05, 0) is 33.4 Å². The van der Waals surface area contributed by atoms with Gasteiger partial charge in [-0.1, -0.05) is 32.3 Å². The molecule has 186 valence electrons. The molecule has 9 heteroatoms. The molecule has 1 saturated heterocycles. The van der Waals surface area contributed by atoms with Crippen LogP contribution in [0.3, 0.4) is 0 Å². The highest BCUT2D eigenvalue weighted by Crippen LogP contribution is 2.32. The van der Waals surface area contributed by atoms with Crippen molar-refractivity contribution in [2.24, 2.45) is 0 Å². The monoisotopic (exact) mass is 480 g/mol.